The van der Waals surface area contributed by atoms with Gasteiger partial charge in [-0.3, -0.25) is 15.6 Å². The SMILES string of the molecule is COc1ccnc(NNC(=O)C(C)Oc2cccc(C(C)(C)C)c2)n1. The van der Waals surface area contributed by atoms with E-state index in [1.807, 2.05) is 24.3 Å². The number of nitrogens with zero attached hydrogens (tertiary/aromatic N) is 2. The summed E-state index contributed by atoms with van der Waals surface area (Å²) in [4.78, 5) is 20.2. The van der Waals surface area contributed by atoms with E-state index in [9.17, 15) is 4.79 Å². The lowest BCUT2D eigenvalue weighted by Gasteiger charge is -2.21. The maximum absolute atomic E-state index is 12.2. The first-order valence-electron chi connectivity index (χ1n) is 7.99. The highest BCUT2D eigenvalue weighted by molar-refractivity contribution is 5.81. The number of rotatable bonds is 6. The highest BCUT2D eigenvalue weighted by Gasteiger charge is 2.17. The van der Waals surface area contributed by atoms with Crippen molar-refractivity contribution in [2.75, 3.05) is 12.5 Å². The molecule has 25 heavy (non-hydrogen) atoms. The van der Waals surface area contributed by atoms with Crippen LogP contribution in [0.2, 0.25) is 0 Å². The van der Waals surface area contributed by atoms with E-state index in [4.69, 9.17) is 9.47 Å². The van der Waals surface area contributed by atoms with Crippen LogP contribution in [0.1, 0.15) is 33.3 Å². The molecule has 7 heteroatoms. The van der Waals surface area contributed by atoms with Crippen molar-refractivity contribution in [3.63, 3.8) is 0 Å². The van der Waals surface area contributed by atoms with Gasteiger partial charge in [0.2, 0.25) is 11.8 Å². The van der Waals surface area contributed by atoms with Crippen molar-refractivity contribution in [3.8, 4) is 11.6 Å². The van der Waals surface area contributed by atoms with Crippen LogP contribution in [0.4, 0.5) is 5.95 Å². The first-order valence-corrected chi connectivity index (χ1v) is 7.99. The first kappa shape index (κ1) is 18.5. The van der Waals surface area contributed by atoms with Crippen molar-refractivity contribution >= 4 is 11.9 Å². The Morgan fingerprint density at radius 3 is 2.68 bits per heavy atom. The van der Waals surface area contributed by atoms with E-state index in [2.05, 4.69) is 41.6 Å². The molecule has 0 spiro atoms. The normalized spacial score (nSPS) is 12.2. The Morgan fingerprint density at radius 1 is 1.24 bits per heavy atom. The van der Waals surface area contributed by atoms with Crippen molar-refractivity contribution in [3.05, 3.63) is 42.1 Å². The summed E-state index contributed by atoms with van der Waals surface area (Å²) in [5.41, 5.74) is 6.31. The summed E-state index contributed by atoms with van der Waals surface area (Å²) >= 11 is 0. The molecule has 1 atom stereocenters. The molecule has 134 valence electrons. The number of ether oxygens (including phenoxy) is 2. The molecular weight excluding hydrogens is 320 g/mol. The van der Waals surface area contributed by atoms with Gasteiger partial charge in [-0.2, -0.15) is 4.98 Å². The van der Waals surface area contributed by atoms with Crippen molar-refractivity contribution in [1.82, 2.24) is 15.4 Å². The second-order valence-electron chi connectivity index (χ2n) is 6.57. The molecule has 0 aliphatic carbocycles. The predicted octanol–water partition coefficient (Wildman–Crippen LogP) is 2.69. The predicted molar refractivity (Wildman–Crippen MR) is 95.6 cm³/mol. The van der Waals surface area contributed by atoms with Crippen molar-refractivity contribution < 1.29 is 14.3 Å². The van der Waals surface area contributed by atoms with E-state index in [1.54, 1.807) is 13.0 Å². The molecule has 0 saturated carbocycles. The lowest BCUT2D eigenvalue weighted by Crippen LogP contribution is -2.40. The fourth-order valence-electron chi connectivity index (χ4n) is 2.03. The average Bonchev–Trinajstić information content (AvgIpc) is 2.59. The maximum atomic E-state index is 12.2. The van der Waals surface area contributed by atoms with Gasteiger partial charge in [0.1, 0.15) is 5.75 Å². The second-order valence-corrected chi connectivity index (χ2v) is 6.57. The Hall–Kier alpha value is -2.83. The number of hydrogen-bond donors (Lipinski definition) is 2. The fourth-order valence-corrected chi connectivity index (χ4v) is 2.03. The zero-order chi connectivity index (χ0) is 18.4. The molecule has 0 saturated heterocycles. The molecule has 2 aromatic rings. The van der Waals surface area contributed by atoms with Gasteiger partial charge in [0, 0.05) is 12.3 Å². The summed E-state index contributed by atoms with van der Waals surface area (Å²) in [5, 5.41) is 0. The summed E-state index contributed by atoms with van der Waals surface area (Å²) in [5.74, 6) is 0.935. The summed E-state index contributed by atoms with van der Waals surface area (Å²) in [7, 11) is 1.51. The van der Waals surface area contributed by atoms with Crippen LogP contribution in [0.5, 0.6) is 11.6 Å². The molecule has 1 unspecified atom stereocenters. The van der Waals surface area contributed by atoms with Crippen LogP contribution < -0.4 is 20.3 Å². The summed E-state index contributed by atoms with van der Waals surface area (Å²) in [6.07, 6.45) is 0.839. The second kappa shape index (κ2) is 7.83. The van der Waals surface area contributed by atoms with Gasteiger partial charge in [0.15, 0.2) is 6.10 Å². The topological polar surface area (TPSA) is 85.4 Å². The quantitative estimate of drug-likeness (QED) is 0.784. The standard InChI is InChI=1S/C18H24N4O3/c1-12(25-14-8-6-7-13(11-14)18(2,3)4)16(23)21-22-17-19-10-9-15(20-17)24-5/h6-12H,1-5H3,(H,21,23)(H,19,20,22). The van der Waals surface area contributed by atoms with Gasteiger partial charge in [0.25, 0.3) is 5.91 Å². The molecule has 2 N–H and O–H groups in total. The van der Waals surface area contributed by atoms with Crippen molar-refractivity contribution in [1.29, 1.82) is 0 Å². The summed E-state index contributed by atoms with van der Waals surface area (Å²) in [6, 6.07) is 9.35. The lowest BCUT2D eigenvalue weighted by atomic mass is 9.87. The van der Waals surface area contributed by atoms with Crippen LogP contribution in [-0.2, 0) is 10.2 Å². The molecule has 0 radical (unpaired) electrons. The van der Waals surface area contributed by atoms with Crippen LogP contribution in [0.3, 0.4) is 0 Å². The van der Waals surface area contributed by atoms with E-state index in [-0.39, 0.29) is 17.3 Å². The minimum atomic E-state index is -0.687. The number of hydrazine groups is 1. The highest BCUT2D eigenvalue weighted by Crippen LogP contribution is 2.26. The largest absolute Gasteiger partial charge is 0.481 e. The van der Waals surface area contributed by atoms with E-state index >= 15 is 0 Å². The number of amides is 1. The summed E-state index contributed by atoms with van der Waals surface area (Å²) in [6.45, 7) is 8.05. The zero-order valence-corrected chi connectivity index (χ0v) is 15.2. The molecule has 0 fully saturated rings. The molecule has 2 rings (SSSR count). The van der Waals surface area contributed by atoms with E-state index < -0.39 is 6.10 Å². The number of aromatic nitrogens is 2. The highest BCUT2D eigenvalue weighted by atomic mass is 16.5. The monoisotopic (exact) mass is 344 g/mol. The minimum Gasteiger partial charge on any atom is -0.481 e. The third-order valence-corrected chi connectivity index (χ3v) is 3.52. The third kappa shape index (κ3) is 5.34. The number of anilines is 1. The maximum Gasteiger partial charge on any atom is 0.279 e. The van der Waals surface area contributed by atoms with Crippen molar-refractivity contribution in [2.45, 2.75) is 39.2 Å². The van der Waals surface area contributed by atoms with E-state index in [1.165, 1.54) is 13.3 Å². The Labute approximate surface area is 147 Å². The van der Waals surface area contributed by atoms with E-state index in [0.29, 0.717) is 11.6 Å². The smallest absolute Gasteiger partial charge is 0.279 e. The Kier molecular flexibility index (Phi) is 5.80. The van der Waals surface area contributed by atoms with Gasteiger partial charge in [0.05, 0.1) is 7.11 Å². The fraction of sp³-hybridized carbons (Fsp3) is 0.389. The van der Waals surface area contributed by atoms with Crippen LogP contribution in [0.15, 0.2) is 36.5 Å². The molecule has 1 heterocycles. The Balaban J connectivity index is 1.94. The van der Waals surface area contributed by atoms with Gasteiger partial charge in [-0.15, -0.1) is 0 Å². The van der Waals surface area contributed by atoms with Crippen LogP contribution in [0, 0.1) is 0 Å². The van der Waals surface area contributed by atoms with Gasteiger partial charge in [-0.1, -0.05) is 32.9 Å². The van der Waals surface area contributed by atoms with Crippen molar-refractivity contribution in [2.24, 2.45) is 0 Å². The molecule has 7 nitrogen and oxygen atoms in total. The molecule has 1 aromatic heterocycles. The summed E-state index contributed by atoms with van der Waals surface area (Å²) < 4.78 is 10.7. The third-order valence-electron chi connectivity index (χ3n) is 3.52. The lowest BCUT2D eigenvalue weighted by molar-refractivity contribution is -0.126. The number of hydrogen-bond acceptors (Lipinski definition) is 6. The molecule has 0 aliphatic heterocycles. The van der Waals surface area contributed by atoms with Gasteiger partial charge >= 0.3 is 0 Å². The minimum absolute atomic E-state index is 0.0100. The molecule has 0 bridgehead atoms. The Morgan fingerprint density at radius 2 is 2.00 bits per heavy atom. The molecule has 1 aromatic carbocycles. The van der Waals surface area contributed by atoms with Gasteiger partial charge < -0.3 is 9.47 Å². The van der Waals surface area contributed by atoms with Gasteiger partial charge in [-0.25, -0.2) is 4.98 Å². The van der Waals surface area contributed by atoms with Crippen LogP contribution in [0.25, 0.3) is 0 Å². The number of carbonyl (C=O) groups excluding carboxylic acids is 1. The number of benzene rings is 1. The van der Waals surface area contributed by atoms with Gasteiger partial charge in [-0.05, 0) is 30.0 Å². The van der Waals surface area contributed by atoms with E-state index in [0.717, 1.165) is 5.56 Å². The zero-order valence-electron chi connectivity index (χ0n) is 15.2. The van der Waals surface area contributed by atoms with Crippen LogP contribution >= 0.6 is 0 Å². The number of nitrogens with one attached hydrogen (secondary N) is 2. The molecular formula is C18H24N4O3. The van der Waals surface area contributed by atoms with Crippen LogP contribution in [-0.4, -0.2) is 29.1 Å². The Bertz CT molecular complexity index is 728. The average molecular weight is 344 g/mol. The first-order chi connectivity index (χ1) is 11.8. The molecule has 0 aliphatic rings. The number of methoxy groups -OCH3 is 1. The molecule has 1 amide bonds. The number of carbonyl (C=O) groups is 1.